The topological polar surface area (TPSA) is 83.4 Å². The minimum atomic E-state index is -0.855. The fourth-order valence-electron chi connectivity index (χ4n) is 3.18. The average molecular weight is 325 g/mol. The highest BCUT2D eigenvalue weighted by molar-refractivity contribution is 5.99. The minimum Gasteiger partial charge on any atom is -0.481 e. The van der Waals surface area contributed by atoms with Gasteiger partial charge in [0.1, 0.15) is 6.33 Å². The van der Waals surface area contributed by atoms with E-state index in [0.717, 1.165) is 5.56 Å². The molecule has 1 aliphatic heterocycles. The van der Waals surface area contributed by atoms with Crippen LogP contribution in [0.1, 0.15) is 23.7 Å². The van der Waals surface area contributed by atoms with Crippen molar-refractivity contribution in [3.05, 3.63) is 48.4 Å². The van der Waals surface area contributed by atoms with Crippen LogP contribution in [-0.2, 0) is 4.79 Å². The number of carbonyl (C=O) groups excluding carboxylic acids is 1. The highest BCUT2D eigenvalue weighted by atomic mass is 16.4. The zero-order valence-corrected chi connectivity index (χ0v) is 13.4. The minimum absolute atomic E-state index is 0.147. The first kappa shape index (κ1) is 16.1. The van der Waals surface area contributed by atoms with E-state index in [0.29, 0.717) is 24.2 Å². The van der Waals surface area contributed by atoms with Gasteiger partial charge in [0.25, 0.3) is 5.91 Å². The lowest BCUT2D eigenvalue weighted by Crippen LogP contribution is -2.45. The Balaban J connectivity index is 1.92. The van der Waals surface area contributed by atoms with Gasteiger partial charge in [-0.15, -0.1) is 0 Å². The first-order valence-electron chi connectivity index (χ1n) is 7.93. The van der Waals surface area contributed by atoms with Crippen LogP contribution >= 0.6 is 0 Å². The summed E-state index contributed by atoms with van der Waals surface area (Å²) in [5, 5.41) is 9.30. The number of nitrogens with zero attached hydrogens (tertiary/aromatic N) is 3. The van der Waals surface area contributed by atoms with E-state index in [1.54, 1.807) is 4.90 Å². The Morgan fingerprint density at radius 1 is 1.21 bits per heavy atom. The van der Waals surface area contributed by atoms with Crippen molar-refractivity contribution in [3.8, 4) is 11.3 Å². The Morgan fingerprint density at radius 2 is 1.96 bits per heavy atom. The number of carboxylic acids is 1. The zero-order chi connectivity index (χ0) is 17.1. The molecule has 1 aromatic carbocycles. The summed E-state index contributed by atoms with van der Waals surface area (Å²) in [5.41, 5.74) is 1.81. The molecule has 0 saturated carbocycles. The predicted octanol–water partition coefficient (Wildman–Crippen LogP) is 2.33. The number of carbonyl (C=O) groups is 2. The van der Waals surface area contributed by atoms with Crippen LogP contribution in [0.4, 0.5) is 0 Å². The van der Waals surface area contributed by atoms with E-state index >= 15 is 0 Å². The second-order valence-corrected chi connectivity index (χ2v) is 6.24. The highest BCUT2D eigenvalue weighted by Crippen LogP contribution is 2.26. The van der Waals surface area contributed by atoms with Crippen molar-refractivity contribution in [1.29, 1.82) is 0 Å². The van der Waals surface area contributed by atoms with Crippen molar-refractivity contribution in [1.82, 2.24) is 14.9 Å². The maximum atomic E-state index is 13.0. The third-order valence-corrected chi connectivity index (χ3v) is 4.29. The molecule has 1 aliphatic rings. The van der Waals surface area contributed by atoms with E-state index in [4.69, 9.17) is 0 Å². The van der Waals surface area contributed by atoms with Crippen LogP contribution in [0.15, 0.2) is 42.9 Å². The van der Waals surface area contributed by atoms with Gasteiger partial charge in [0, 0.05) is 24.8 Å². The SMILES string of the molecule is CC1CC(C(=O)O)CN(C(=O)c2cncnc2-c2ccccc2)C1. The van der Waals surface area contributed by atoms with Gasteiger partial charge in [-0.3, -0.25) is 9.59 Å². The zero-order valence-electron chi connectivity index (χ0n) is 13.4. The van der Waals surface area contributed by atoms with Crippen molar-refractivity contribution in [3.63, 3.8) is 0 Å². The summed E-state index contributed by atoms with van der Waals surface area (Å²) < 4.78 is 0. The molecule has 0 aliphatic carbocycles. The second-order valence-electron chi connectivity index (χ2n) is 6.24. The van der Waals surface area contributed by atoms with Crippen molar-refractivity contribution >= 4 is 11.9 Å². The Labute approximate surface area is 140 Å². The van der Waals surface area contributed by atoms with E-state index < -0.39 is 11.9 Å². The Bertz CT molecular complexity index is 748. The summed E-state index contributed by atoms with van der Waals surface area (Å²) in [4.78, 5) is 34.1. The molecule has 0 bridgehead atoms. The van der Waals surface area contributed by atoms with Gasteiger partial charge in [-0.05, 0) is 12.3 Å². The molecule has 1 fully saturated rings. The third-order valence-electron chi connectivity index (χ3n) is 4.29. The molecule has 2 heterocycles. The number of likely N-dealkylation sites (tertiary alicyclic amines) is 1. The number of aromatic nitrogens is 2. The van der Waals surface area contributed by atoms with Gasteiger partial charge in [-0.2, -0.15) is 0 Å². The quantitative estimate of drug-likeness (QED) is 0.936. The van der Waals surface area contributed by atoms with E-state index in [2.05, 4.69) is 9.97 Å². The van der Waals surface area contributed by atoms with Crippen molar-refractivity contribution in [2.24, 2.45) is 11.8 Å². The molecule has 6 nitrogen and oxygen atoms in total. The molecule has 3 rings (SSSR count). The third kappa shape index (κ3) is 3.27. The van der Waals surface area contributed by atoms with Crippen LogP contribution in [-0.4, -0.2) is 44.9 Å². The van der Waals surface area contributed by atoms with Crippen LogP contribution in [0.25, 0.3) is 11.3 Å². The van der Waals surface area contributed by atoms with E-state index in [1.165, 1.54) is 12.5 Å². The van der Waals surface area contributed by atoms with Gasteiger partial charge < -0.3 is 10.0 Å². The largest absolute Gasteiger partial charge is 0.481 e. The fourth-order valence-corrected chi connectivity index (χ4v) is 3.18. The maximum absolute atomic E-state index is 13.0. The molecule has 1 amide bonds. The number of rotatable bonds is 3. The Kier molecular flexibility index (Phi) is 4.55. The van der Waals surface area contributed by atoms with E-state index in [9.17, 15) is 14.7 Å². The van der Waals surface area contributed by atoms with Crippen LogP contribution < -0.4 is 0 Å². The van der Waals surface area contributed by atoms with Gasteiger partial charge in [0.2, 0.25) is 0 Å². The summed E-state index contributed by atoms with van der Waals surface area (Å²) >= 11 is 0. The highest BCUT2D eigenvalue weighted by Gasteiger charge is 2.33. The van der Waals surface area contributed by atoms with Crippen LogP contribution in [0.5, 0.6) is 0 Å². The van der Waals surface area contributed by atoms with Crippen LogP contribution in [0.2, 0.25) is 0 Å². The molecule has 0 spiro atoms. The first-order valence-corrected chi connectivity index (χ1v) is 7.93. The van der Waals surface area contributed by atoms with Gasteiger partial charge in [0.05, 0.1) is 17.2 Å². The van der Waals surface area contributed by atoms with E-state index in [-0.39, 0.29) is 18.4 Å². The number of hydrogen-bond donors (Lipinski definition) is 1. The standard InChI is InChI=1S/C18H19N3O3/c1-12-7-14(18(23)24)10-21(9-12)17(22)15-8-19-11-20-16(15)13-5-3-2-4-6-13/h2-6,8,11-12,14H,7,9-10H2,1H3,(H,23,24). The van der Waals surface area contributed by atoms with Crippen molar-refractivity contribution in [2.45, 2.75) is 13.3 Å². The Morgan fingerprint density at radius 3 is 2.67 bits per heavy atom. The molecule has 1 aromatic heterocycles. The van der Waals surface area contributed by atoms with Crippen LogP contribution in [0, 0.1) is 11.8 Å². The lowest BCUT2D eigenvalue weighted by atomic mass is 9.90. The summed E-state index contributed by atoms with van der Waals surface area (Å²) in [7, 11) is 0. The van der Waals surface area contributed by atoms with Gasteiger partial charge in [-0.25, -0.2) is 9.97 Å². The second kappa shape index (κ2) is 6.78. The number of aliphatic carboxylic acids is 1. The molecule has 6 heteroatoms. The molecule has 2 unspecified atom stereocenters. The number of benzene rings is 1. The molecule has 1 N–H and O–H groups in total. The monoisotopic (exact) mass is 325 g/mol. The predicted molar refractivity (Wildman–Crippen MR) is 88.3 cm³/mol. The van der Waals surface area contributed by atoms with Crippen molar-refractivity contribution < 1.29 is 14.7 Å². The van der Waals surface area contributed by atoms with Gasteiger partial charge in [-0.1, -0.05) is 37.3 Å². The van der Waals surface area contributed by atoms with Crippen molar-refractivity contribution in [2.75, 3.05) is 13.1 Å². The van der Waals surface area contributed by atoms with Gasteiger partial charge >= 0.3 is 5.97 Å². The lowest BCUT2D eigenvalue weighted by molar-refractivity contribution is -0.143. The number of amides is 1. The summed E-state index contributed by atoms with van der Waals surface area (Å²) in [5.74, 6) is -1.45. The molecule has 24 heavy (non-hydrogen) atoms. The molecular weight excluding hydrogens is 306 g/mol. The maximum Gasteiger partial charge on any atom is 0.308 e. The average Bonchev–Trinajstić information content (AvgIpc) is 2.61. The molecule has 2 aromatic rings. The first-order chi connectivity index (χ1) is 11.6. The number of hydrogen-bond acceptors (Lipinski definition) is 4. The molecule has 1 saturated heterocycles. The summed E-state index contributed by atoms with van der Waals surface area (Å²) in [6.07, 6.45) is 3.51. The fraction of sp³-hybridized carbons (Fsp3) is 0.333. The van der Waals surface area contributed by atoms with Crippen LogP contribution in [0.3, 0.4) is 0 Å². The smallest absolute Gasteiger partial charge is 0.308 e. The van der Waals surface area contributed by atoms with Gasteiger partial charge in [0.15, 0.2) is 0 Å². The summed E-state index contributed by atoms with van der Waals surface area (Å²) in [6.45, 7) is 2.74. The normalized spacial score (nSPS) is 20.6. The molecule has 124 valence electrons. The molecular formula is C18H19N3O3. The molecule has 0 radical (unpaired) electrons. The van der Waals surface area contributed by atoms with E-state index in [1.807, 2.05) is 37.3 Å². The number of carboxylic acid groups (broad SMARTS) is 1. The lowest BCUT2D eigenvalue weighted by Gasteiger charge is -2.34. The Hall–Kier alpha value is -2.76. The molecule has 2 atom stereocenters. The number of piperidine rings is 1. The summed E-state index contributed by atoms with van der Waals surface area (Å²) in [6, 6.07) is 9.44.